The Morgan fingerprint density at radius 2 is 2.16 bits per heavy atom. The molecule has 1 aliphatic heterocycles. The van der Waals surface area contributed by atoms with E-state index in [-0.39, 0.29) is 12.1 Å². The van der Waals surface area contributed by atoms with Crippen LogP contribution in [0.5, 0.6) is 0 Å². The van der Waals surface area contributed by atoms with Crippen molar-refractivity contribution in [3.63, 3.8) is 0 Å². The lowest BCUT2D eigenvalue weighted by Crippen LogP contribution is -2.44. The summed E-state index contributed by atoms with van der Waals surface area (Å²) >= 11 is 0. The lowest BCUT2D eigenvalue weighted by Gasteiger charge is -2.38. The predicted molar refractivity (Wildman–Crippen MR) is 96.6 cm³/mol. The third kappa shape index (κ3) is 3.94. The van der Waals surface area contributed by atoms with Crippen LogP contribution < -0.4 is 0 Å². The fraction of sp³-hybridized carbons (Fsp3) is 0.450. The van der Waals surface area contributed by atoms with E-state index < -0.39 is 0 Å². The number of benzene rings is 1. The SMILES string of the molecule is COC(=O)c1cc(CN2CC(c3cc(C)ccc3C)OCC2C)c[nH]1. The molecule has 0 saturated carbocycles. The number of methoxy groups -OCH3 is 1. The number of hydrogen-bond donors (Lipinski definition) is 1. The first-order valence-corrected chi connectivity index (χ1v) is 8.66. The van der Waals surface area contributed by atoms with Crippen molar-refractivity contribution in [1.82, 2.24) is 9.88 Å². The molecule has 0 spiro atoms. The second-order valence-corrected chi connectivity index (χ2v) is 6.87. The lowest BCUT2D eigenvalue weighted by atomic mass is 9.98. The quantitative estimate of drug-likeness (QED) is 0.866. The van der Waals surface area contributed by atoms with Gasteiger partial charge in [0.1, 0.15) is 5.69 Å². The molecule has 25 heavy (non-hydrogen) atoms. The Bertz CT molecular complexity index is 753. The van der Waals surface area contributed by atoms with Crippen LogP contribution in [0.2, 0.25) is 0 Å². The molecule has 134 valence electrons. The van der Waals surface area contributed by atoms with E-state index in [1.165, 1.54) is 23.8 Å². The van der Waals surface area contributed by atoms with Crippen molar-refractivity contribution < 1.29 is 14.3 Å². The normalized spacial score (nSPS) is 21.3. The van der Waals surface area contributed by atoms with Crippen LogP contribution in [0.25, 0.3) is 0 Å². The van der Waals surface area contributed by atoms with Crippen molar-refractivity contribution in [3.05, 3.63) is 58.4 Å². The Hall–Kier alpha value is -2.11. The molecular weight excluding hydrogens is 316 g/mol. The number of esters is 1. The number of nitrogens with one attached hydrogen (secondary N) is 1. The van der Waals surface area contributed by atoms with Crippen molar-refractivity contribution in [3.8, 4) is 0 Å². The van der Waals surface area contributed by atoms with Crippen molar-refractivity contribution in [2.45, 2.75) is 39.5 Å². The van der Waals surface area contributed by atoms with E-state index in [1.54, 1.807) is 0 Å². The minimum absolute atomic E-state index is 0.0788. The van der Waals surface area contributed by atoms with E-state index in [0.717, 1.165) is 18.7 Å². The van der Waals surface area contributed by atoms with E-state index in [4.69, 9.17) is 9.47 Å². The monoisotopic (exact) mass is 342 g/mol. The van der Waals surface area contributed by atoms with Crippen LogP contribution in [-0.4, -0.2) is 42.2 Å². The zero-order valence-electron chi connectivity index (χ0n) is 15.3. The van der Waals surface area contributed by atoms with Gasteiger partial charge in [-0.2, -0.15) is 0 Å². The molecule has 5 heteroatoms. The highest BCUT2D eigenvalue weighted by molar-refractivity contribution is 5.87. The van der Waals surface area contributed by atoms with Crippen LogP contribution in [0.4, 0.5) is 0 Å². The first-order chi connectivity index (χ1) is 12.0. The molecule has 0 bridgehead atoms. The first-order valence-electron chi connectivity index (χ1n) is 8.66. The van der Waals surface area contributed by atoms with Crippen molar-refractivity contribution in [2.75, 3.05) is 20.3 Å². The smallest absolute Gasteiger partial charge is 0.354 e. The number of carbonyl (C=O) groups is 1. The minimum atomic E-state index is -0.338. The van der Waals surface area contributed by atoms with E-state index in [2.05, 4.69) is 48.9 Å². The van der Waals surface area contributed by atoms with Crippen LogP contribution in [0.3, 0.4) is 0 Å². The van der Waals surface area contributed by atoms with Crippen LogP contribution in [0.1, 0.15) is 45.8 Å². The fourth-order valence-corrected chi connectivity index (χ4v) is 3.31. The van der Waals surface area contributed by atoms with Gasteiger partial charge in [-0.25, -0.2) is 4.79 Å². The Morgan fingerprint density at radius 1 is 1.36 bits per heavy atom. The van der Waals surface area contributed by atoms with E-state index >= 15 is 0 Å². The molecule has 2 atom stereocenters. The number of ether oxygens (including phenoxy) is 2. The number of rotatable bonds is 4. The number of nitrogens with zero attached hydrogens (tertiary/aromatic N) is 1. The zero-order chi connectivity index (χ0) is 18.0. The maximum atomic E-state index is 11.6. The molecule has 2 heterocycles. The molecule has 0 amide bonds. The van der Waals surface area contributed by atoms with Gasteiger partial charge in [-0.3, -0.25) is 4.90 Å². The zero-order valence-corrected chi connectivity index (χ0v) is 15.3. The minimum Gasteiger partial charge on any atom is -0.464 e. The number of morpholine rings is 1. The van der Waals surface area contributed by atoms with E-state index in [0.29, 0.717) is 18.3 Å². The number of aromatic amines is 1. The Kier molecular flexibility index (Phi) is 5.25. The summed E-state index contributed by atoms with van der Waals surface area (Å²) in [5.41, 5.74) is 5.35. The molecule has 0 radical (unpaired) electrons. The molecule has 1 saturated heterocycles. The number of H-pyrrole nitrogens is 1. The van der Waals surface area contributed by atoms with Gasteiger partial charge in [0.15, 0.2) is 0 Å². The van der Waals surface area contributed by atoms with Gasteiger partial charge in [-0.05, 0) is 43.5 Å². The van der Waals surface area contributed by atoms with Crippen molar-refractivity contribution in [2.24, 2.45) is 0 Å². The molecule has 1 aromatic carbocycles. The highest BCUT2D eigenvalue weighted by Crippen LogP contribution is 2.29. The van der Waals surface area contributed by atoms with Gasteiger partial charge in [-0.1, -0.05) is 23.8 Å². The van der Waals surface area contributed by atoms with E-state index in [9.17, 15) is 4.79 Å². The molecule has 0 aliphatic carbocycles. The van der Waals surface area contributed by atoms with Gasteiger partial charge >= 0.3 is 5.97 Å². The van der Waals surface area contributed by atoms with E-state index in [1.807, 2.05) is 12.3 Å². The van der Waals surface area contributed by atoms with Crippen molar-refractivity contribution >= 4 is 5.97 Å². The second kappa shape index (κ2) is 7.42. The summed E-state index contributed by atoms with van der Waals surface area (Å²) in [6.07, 6.45) is 1.96. The summed E-state index contributed by atoms with van der Waals surface area (Å²) < 4.78 is 10.9. The molecule has 2 unspecified atom stereocenters. The van der Waals surface area contributed by atoms with Gasteiger partial charge in [-0.15, -0.1) is 0 Å². The molecular formula is C20H26N2O3. The van der Waals surface area contributed by atoms with Gasteiger partial charge in [0.2, 0.25) is 0 Å². The van der Waals surface area contributed by atoms with Gasteiger partial charge in [0.25, 0.3) is 0 Å². The highest BCUT2D eigenvalue weighted by Gasteiger charge is 2.28. The highest BCUT2D eigenvalue weighted by atomic mass is 16.5. The number of aryl methyl sites for hydroxylation is 2. The molecule has 2 aromatic rings. The lowest BCUT2D eigenvalue weighted by molar-refractivity contribution is -0.0635. The molecule has 3 rings (SSSR count). The topological polar surface area (TPSA) is 54.6 Å². The average Bonchev–Trinajstić information content (AvgIpc) is 3.07. The molecule has 1 aliphatic rings. The number of aromatic nitrogens is 1. The predicted octanol–water partition coefficient (Wildman–Crippen LogP) is 3.38. The van der Waals surface area contributed by atoms with Gasteiger partial charge < -0.3 is 14.5 Å². The summed E-state index contributed by atoms with van der Waals surface area (Å²) in [7, 11) is 1.39. The Morgan fingerprint density at radius 3 is 2.92 bits per heavy atom. The standard InChI is InChI=1S/C20H26N2O3/c1-13-5-6-14(2)17(7-13)19-11-22(15(3)12-25-19)10-16-8-18(21-9-16)20(23)24-4/h5-9,15,19,21H,10-12H2,1-4H3. The van der Waals surface area contributed by atoms with Crippen LogP contribution in [-0.2, 0) is 16.0 Å². The molecule has 5 nitrogen and oxygen atoms in total. The summed E-state index contributed by atoms with van der Waals surface area (Å²) in [6.45, 7) is 8.73. The number of hydrogen-bond acceptors (Lipinski definition) is 4. The van der Waals surface area contributed by atoms with Crippen LogP contribution in [0.15, 0.2) is 30.5 Å². The molecule has 1 aromatic heterocycles. The maximum absolute atomic E-state index is 11.6. The summed E-state index contributed by atoms with van der Waals surface area (Å²) in [5, 5.41) is 0. The third-order valence-electron chi connectivity index (χ3n) is 4.88. The van der Waals surface area contributed by atoms with Crippen molar-refractivity contribution in [1.29, 1.82) is 0 Å². The average molecular weight is 342 g/mol. The second-order valence-electron chi connectivity index (χ2n) is 6.87. The van der Waals surface area contributed by atoms with Crippen LogP contribution in [0, 0.1) is 13.8 Å². The van der Waals surface area contributed by atoms with Gasteiger partial charge in [0, 0.05) is 25.3 Å². The van der Waals surface area contributed by atoms with Gasteiger partial charge in [0.05, 0.1) is 19.8 Å². The molecule has 1 N–H and O–H groups in total. The third-order valence-corrected chi connectivity index (χ3v) is 4.88. The summed E-state index contributed by atoms with van der Waals surface area (Å²) in [4.78, 5) is 17.0. The number of carbonyl (C=O) groups excluding carboxylic acids is 1. The Labute approximate surface area is 148 Å². The maximum Gasteiger partial charge on any atom is 0.354 e. The Balaban J connectivity index is 1.73. The largest absolute Gasteiger partial charge is 0.464 e. The summed E-state index contributed by atoms with van der Waals surface area (Å²) in [6, 6.07) is 8.71. The fourth-order valence-electron chi connectivity index (χ4n) is 3.31. The molecule has 1 fully saturated rings. The summed E-state index contributed by atoms with van der Waals surface area (Å²) in [5.74, 6) is -0.338. The first kappa shape index (κ1) is 17.7. The van der Waals surface area contributed by atoms with Crippen LogP contribution >= 0.6 is 0 Å².